The van der Waals surface area contributed by atoms with Crippen molar-refractivity contribution in [2.24, 2.45) is 0 Å². The molecule has 1 N–H and O–H groups in total. The van der Waals surface area contributed by atoms with Crippen molar-refractivity contribution in [2.45, 2.75) is 27.2 Å². The van der Waals surface area contributed by atoms with Gasteiger partial charge in [-0.15, -0.1) is 11.3 Å². The van der Waals surface area contributed by atoms with E-state index in [1.165, 1.54) is 23.2 Å². The molecule has 0 saturated carbocycles. The van der Waals surface area contributed by atoms with Crippen LogP contribution in [-0.2, 0) is 14.4 Å². The first-order chi connectivity index (χ1) is 14.2. The van der Waals surface area contributed by atoms with Crippen molar-refractivity contribution in [3.05, 3.63) is 45.3 Å². The van der Waals surface area contributed by atoms with E-state index in [0.717, 1.165) is 28.6 Å². The van der Waals surface area contributed by atoms with Gasteiger partial charge in [-0.1, -0.05) is 42.2 Å². The molecule has 1 saturated heterocycles. The van der Waals surface area contributed by atoms with E-state index in [0.29, 0.717) is 20.1 Å². The third-order valence-corrected chi connectivity index (χ3v) is 6.60. The number of carboxylic acids is 1. The summed E-state index contributed by atoms with van der Waals surface area (Å²) < 4.78 is 0.323. The molecule has 10 heteroatoms. The fourth-order valence-electron chi connectivity index (χ4n) is 3.03. The first kappa shape index (κ1) is 22.1. The Hall–Kier alpha value is -2.56. The van der Waals surface area contributed by atoms with E-state index in [4.69, 9.17) is 17.3 Å². The molecule has 156 valence electrons. The van der Waals surface area contributed by atoms with Gasteiger partial charge in [0.25, 0.3) is 5.91 Å². The lowest BCUT2D eigenvalue weighted by atomic mass is 10.1. The van der Waals surface area contributed by atoms with Gasteiger partial charge < -0.3 is 5.11 Å². The van der Waals surface area contributed by atoms with Crippen LogP contribution in [0, 0.1) is 13.8 Å². The van der Waals surface area contributed by atoms with E-state index in [2.05, 4.69) is 4.98 Å². The van der Waals surface area contributed by atoms with Gasteiger partial charge in [-0.05, 0) is 31.1 Å². The standard InChI is InChI=1S/C20H19N3O4S3/c1-11-5-4-6-12(2)17(11)23(13(3)24)19-21-14(10-29-19)9-15-18(27)22(20(28)30-15)8-7-16(25)26/h4-6,9-10H,7-8H2,1-3H3,(H,25,26). The Morgan fingerprint density at radius 1 is 1.30 bits per heavy atom. The summed E-state index contributed by atoms with van der Waals surface area (Å²) >= 11 is 7.62. The van der Waals surface area contributed by atoms with Crippen molar-refractivity contribution in [1.82, 2.24) is 9.88 Å². The Bertz CT molecular complexity index is 1060. The highest BCUT2D eigenvalue weighted by molar-refractivity contribution is 8.26. The second kappa shape index (κ2) is 9.07. The molecule has 2 heterocycles. The van der Waals surface area contributed by atoms with E-state index in [-0.39, 0.29) is 24.8 Å². The second-order valence-electron chi connectivity index (χ2n) is 6.63. The molecule has 7 nitrogen and oxygen atoms in total. The topological polar surface area (TPSA) is 90.8 Å². The minimum Gasteiger partial charge on any atom is -0.481 e. The quantitative estimate of drug-likeness (QED) is 0.511. The molecule has 3 rings (SSSR count). The third kappa shape index (κ3) is 4.61. The normalized spacial score (nSPS) is 15.2. The lowest BCUT2D eigenvalue weighted by molar-refractivity contribution is -0.137. The molecule has 0 unspecified atom stereocenters. The number of carbonyl (C=O) groups is 3. The summed E-state index contributed by atoms with van der Waals surface area (Å²) in [6.45, 7) is 5.40. The smallest absolute Gasteiger partial charge is 0.305 e. The van der Waals surface area contributed by atoms with Gasteiger partial charge in [0.2, 0.25) is 5.91 Å². The van der Waals surface area contributed by atoms with Crippen LogP contribution in [0.4, 0.5) is 10.8 Å². The molecule has 0 spiro atoms. The molecular weight excluding hydrogens is 442 g/mol. The summed E-state index contributed by atoms with van der Waals surface area (Å²) in [5.41, 5.74) is 3.25. The zero-order chi connectivity index (χ0) is 22.0. The van der Waals surface area contributed by atoms with Crippen LogP contribution in [0.3, 0.4) is 0 Å². The highest BCUT2D eigenvalue weighted by Gasteiger charge is 2.32. The third-order valence-electron chi connectivity index (χ3n) is 4.38. The number of aryl methyl sites for hydroxylation is 2. The van der Waals surface area contributed by atoms with Crippen LogP contribution in [0.25, 0.3) is 6.08 Å². The number of carboxylic acid groups (broad SMARTS) is 1. The average molecular weight is 462 g/mol. The summed E-state index contributed by atoms with van der Waals surface area (Å²) in [4.78, 5) is 43.5. The highest BCUT2D eigenvalue weighted by Crippen LogP contribution is 2.36. The Balaban J connectivity index is 1.88. The Kier molecular flexibility index (Phi) is 6.69. The van der Waals surface area contributed by atoms with Crippen molar-refractivity contribution in [3.63, 3.8) is 0 Å². The fourth-order valence-corrected chi connectivity index (χ4v) is 5.15. The number of hydrogen-bond acceptors (Lipinski definition) is 7. The molecule has 0 atom stereocenters. The number of aliphatic carboxylic acids is 1. The number of carbonyl (C=O) groups excluding carboxylic acids is 2. The van der Waals surface area contributed by atoms with Gasteiger partial charge in [0.1, 0.15) is 4.32 Å². The molecule has 1 fully saturated rings. The number of thiocarbonyl (C=S) groups is 1. The summed E-state index contributed by atoms with van der Waals surface area (Å²) in [5.74, 6) is -1.49. The van der Waals surface area contributed by atoms with E-state index in [1.807, 2.05) is 32.0 Å². The predicted octanol–water partition coefficient (Wildman–Crippen LogP) is 4.12. The van der Waals surface area contributed by atoms with E-state index in [1.54, 1.807) is 16.4 Å². The van der Waals surface area contributed by atoms with Crippen LogP contribution in [0.1, 0.15) is 30.2 Å². The molecule has 0 radical (unpaired) electrons. The molecule has 30 heavy (non-hydrogen) atoms. The van der Waals surface area contributed by atoms with Gasteiger partial charge in [-0.3, -0.25) is 24.2 Å². The maximum atomic E-state index is 12.6. The Morgan fingerprint density at radius 2 is 1.97 bits per heavy atom. The lowest BCUT2D eigenvalue weighted by Crippen LogP contribution is -2.30. The Labute approximate surface area is 187 Å². The molecule has 0 bridgehead atoms. The number of hydrogen-bond donors (Lipinski definition) is 1. The molecule has 1 aliphatic rings. The zero-order valence-corrected chi connectivity index (χ0v) is 19.0. The number of anilines is 2. The molecule has 1 aromatic carbocycles. The summed E-state index contributed by atoms with van der Waals surface area (Å²) in [6, 6.07) is 5.82. The monoisotopic (exact) mass is 461 g/mol. The van der Waals surface area contributed by atoms with Gasteiger partial charge in [0, 0.05) is 18.8 Å². The maximum absolute atomic E-state index is 12.6. The lowest BCUT2D eigenvalue weighted by Gasteiger charge is -2.22. The second-order valence-corrected chi connectivity index (χ2v) is 9.14. The van der Waals surface area contributed by atoms with Gasteiger partial charge in [0.05, 0.1) is 22.7 Å². The van der Waals surface area contributed by atoms with E-state index in [9.17, 15) is 14.4 Å². The molecule has 1 aromatic heterocycles. The summed E-state index contributed by atoms with van der Waals surface area (Å²) in [7, 11) is 0. The van der Waals surface area contributed by atoms with Gasteiger partial charge in [-0.2, -0.15) is 0 Å². The van der Waals surface area contributed by atoms with Crippen molar-refractivity contribution in [1.29, 1.82) is 0 Å². The predicted molar refractivity (Wildman–Crippen MR) is 123 cm³/mol. The minimum atomic E-state index is -0.993. The number of benzene rings is 1. The van der Waals surface area contributed by atoms with Crippen molar-refractivity contribution >= 4 is 74.3 Å². The highest BCUT2D eigenvalue weighted by atomic mass is 32.2. The fraction of sp³-hybridized carbons (Fsp3) is 0.250. The molecule has 2 amide bonds. The summed E-state index contributed by atoms with van der Waals surface area (Å²) in [5, 5.41) is 11.1. The van der Waals surface area contributed by atoms with Crippen LogP contribution in [0.5, 0.6) is 0 Å². The molecule has 2 aromatic rings. The maximum Gasteiger partial charge on any atom is 0.305 e. The van der Waals surface area contributed by atoms with E-state index < -0.39 is 5.97 Å². The van der Waals surface area contributed by atoms with Crippen molar-refractivity contribution in [2.75, 3.05) is 11.4 Å². The number of thioether (sulfide) groups is 1. The number of nitrogens with zero attached hydrogens (tertiary/aromatic N) is 3. The van der Waals surface area contributed by atoms with Crippen LogP contribution in [0.15, 0.2) is 28.5 Å². The molecule has 0 aliphatic carbocycles. The SMILES string of the molecule is CC(=O)N(c1nc(C=C2SC(=S)N(CCC(=O)O)C2=O)cs1)c1c(C)cccc1C. The number of aromatic nitrogens is 1. The number of para-hydroxylation sites is 1. The molecule has 1 aliphatic heterocycles. The van der Waals surface area contributed by atoms with Crippen LogP contribution < -0.4 is 4.90 Å². The van der Waals surface area contributed by atoms with Crippen molar-refractivity contribution in [3.8, 4) is 0 Å². The first-order valence-electron chi connectivity index (χ1n) is 8.98. The Morgan fingerprint density at radius 3 is 2.57 bits per heavy atom. The van der Waals surface area contributed by atoms with Gasteiger partial charge >= 0.3 is 5.97 Å². The van der Waals surface area contributed by atoms with E-state index >= 15 is 0 Å². The first-order valence-corrected chi connectivity index (χ1v) is 11.1. The number of thiazole rings is 1. The average Bonchev–Trinajstić information content (AvgIpc) is 3.21. The largest absolute Gasteiger partial charge is 0.481 e. The van der Waals surface area contributed by atoms with Crippen LogP contribution in [-0.4, -0.2) is 43.6 Å². The minimum absolute atomic E-state index is 0.0321. The summed E-state index contributed by atoms with van der Waals surface area (Å²) in [6.07, 6.45) is 1.44. The van der Waals surface area contributed by atoms with Gasteiger partial charge in [-0.25, -0.2) is 4.98 Å². The van der Waals surface area contributed by atoms with Crippen molar-refractivity contribution < 1.29 is 19.5 Å². The van der Waals surface area contributed by atoms with Crippen LogP contribution >= 0.6 is 35.3 Å². The van der Waals surface area contributed by atoms with Crippen LogP contribution in [0.2, 0.25) is 0 Å². The number of rotatable bonds is 6. The zero-order valence-electron chi connectivity index (χ0n) is 16.5. The molecular formula is C20H19N3O4S3. The van der Waals surface area contributed by atoms with Gasteiger partial charge in [0.15, 0.2) is 5.13 Å². The number of amides is 2.